The highest BCUT2D eigenvalue weighted by atomic mass is 32.2. The van der Waals surface area contributed by atoms with Gasteiger partial charge in [0.2, 0.25) is 0 Å². The van der Waals surface area contributed by atoms with Gasteiger partial charge in [0, 0.05) is 12.5 Å². The van der Waals surface area contributed by atoms with Crippen molar-refractivity contribution in [1.29, 1.82) is 0 Å². The average molecular weight is 295 g/mol. The van der Waals surface area contributed by atoms with Crippen LogP contribution in [0, 0.1) is 11.8 Å². The molecule has 1 aromatic carbocycles. The predicted molar refractivity (Wildman–Crippen MR) is 83.7 cm³/mol. The Morgan fingerprint density at radius 3 is 2.45 bits per heavy atom. The van der Waals surface area contributed by atoms with E-state index in [0.29, 0.717) is 23.3 Å². The maximum absolute atomic E-state index is 11.7. The molecule has 112 valence electrons. The molecule has 0 saturated carbocycles. The van der Waals surface area contributed by atoms with Crippen LogP contribution in [0.3, 0.4) is 0 Å². The van der Waals surface area contributed by atoms with Gasteiger partial charge in [-0.05, 0) is 30.4 Å². The molecule has 0 amide bonds. The molecule has 3 nitrogen and oxygen atoms in total. The summed E-state index contributed by atoms with van der Waals surface area (Å²) in [4.78, 5) is 0. The highest BCUT2D eigenvalue weighted by Crippen LogP contribution is 2.32. The molecule has 1 aliphatic rings. The SMILES string of the molecule is CC(C)CNCC(c1ccccc1)C1CCS(=O)(=O)C1. The monoisotopic (exact) mass is 295 g/mol. The van der Waals surface area contributed by atoms with Crippen molar-refractivity contribution >= 4 is 9.84 Å². The largest absolute Gasteiger partial charge is 0.316 e. The van der Waals surface area contributed by atoms with Crippen molar-refractivity contribution in [2.75, 3.05) is 24.6 Å². The maximum atomic E-state index is 11.7. The van der Waals surface area contributed by atoms with Crippen LogP contribution in [0.5, 0.6) is 0 Å². The summed E-state index contributed by atoms with van der Waals surface area (Å²) in [5.74, 6) is 1.86. The predicted octanol–water partition coefficient (Wildman–Crippen LogP) is 2.45. The number of benzene rings is 1. The molecule has 0 aromatic heterocycles. The first kappa shape index (κ1) is 15.5. The second-order valence-electron chi connectivity index (χ2n) is 6.23. The average Bonchev–Trinajstić information content (AvgIpc) is 2.75. The zero-order valence-electron chi connectivity index (χ0n) is 12.4. The smallest absolute Gasteiger partial charge is 0.150 e. The van der Waals surface area contributed by atoms with Gasteiger partial charge in [-0.1, -0.05) is 44.2 Å². The van der Waals surface area contributed by atoms with Crippen molar-refractivity contribution in [2.24, 2.45) is 11.8 Å². The van der Waals surface area contributed by atoms with Gasteiger partial charge >= 0.3 is 0 Å². The number of hydrogen-bond donors (Lipinski definition) is 1. The molecule has 2 atom stereocenters. The summed E-state index contributed by atoms with van der Waals surface area (Å²) in [5, 5.41) is 3.49. The fraction of sp³-hybridized carbons (Fsp3) is 0.625. The zero-order valence-corrected chi connectivity index (χ0v) is 13.2. The molecular weight excluding hydrogens is 270 g/mol. The molecule has 20 heavy (non-hydrogen) atoms. The van der Waals surface area contributed by atoms with Crippen LogP contribution in [-0.4, -0.2) is 33.0 Å². The molecule has 0 radical (unpaired) electrons. The van der Waals surface area contributed by atoms with Crippen molar-refractivity contribution in [3.63, 3.8) is 0 Å². The highest BCUT2D eigenvalue weighted by Gasteiger charge is 2.34. The van der Waals surface area contributed by atoms with Gasteiger partial charge in [0.1, 0.15) is 0 Å². The van der Waals surface area contributed by atoms with Gasteiger partial charge in [-0.3, -0.25) is 0 Å². The van der Waals surface area contributed by atoms with E-state index in [-0.39, 0.29) is 5.92 Å². The number of sulfone groups is 1. The lowest BCUT2D eigenvalue weighted by atomic mass is 9.85. The molecule has 1 fully saturated rings. The van der Waals surface area contributed by atoms with E-state index in [1.54, 1.807) is 0 Å². The van der Waals surface area contributed by atoms with Crippen LogP contribution in [0.4, 0.5) is 0 Å². The van der Waals surface area contributed by atoms with E-state index < -0.39 is 9.84 Å². The summed E-state index contributed by atoms with van der Waals surface area (Å²) < 4.78 is 23.5. The molecule has 0 spiro atoms. The second-order valence-corrected chi connectivity index (χ2v) is 8.46. The van der Waals surface area contributed by atoms with E-state index in [0.717, 1.165) is 19.5 Å². The van der Waals surface area contributed by atoms with Crippen LogP contribution in [0.25, 0.3) is 0 Å². The van der Waals surface area contributed by atoms with E-state index in [1.807, 2.05) is 18.2 Å². The minimum Gasteiger partial charge on any atom is -0.316 e. The van der Waals surface area contributed by atoms with Gasteiger partial charge in [-0.15, -0.1) is 0 Å². The maximum Gasteiger partial charge on any atom is 0.150 e. The third-order valence-corrected chi connectivity index (χ3v) is 5.77. The molecule has 1 saturated heterocycles. The van der Waals surface area contributed by atoms with Gasteiger partial charge in [0.05, 0.1) is 11.5 Å². The van der Waals surface area contributed by atoms with Gasteiger partial charge < -0.3 is 5.32 Å². The van der Waals surface area contributed by atoms with Gasteiger partial charge in [0.25, 0.3) is 0 Å². The van der Waals surface area contributed by atoms with Crippen LogP contribution in [0.1, 0.15) is 31.7 Å². The fourth-order valence-electron chi connectivity index (χ4n) is 2.93. The Balaban J connectivity index is 2.08. The van der Waals surface area contributed by atoms with Crippen molar-refractivity contribution in [3.05, 3.63) is 35.9 Å². The first-order valence-electron chi connectivity index (χ1n) is 7.44. The normalized spacial score (nSPS) is 23.1. The lowest BCUT2D eigenvalue weighted by molar-refractivity contribution is 0.424. The molecule has 1 aliphatic heterocycles. The third kappa shape index (κ3) is 4.32. The molecule has 0 aliphatic carbocycles. The summed E-state index contributed by atoms with van der Waals surface area (Å²) in [5.41, 5.74) is 1.26. The van der Waals surface area contributed by atoms with Crippen molar-refractivity contribution in [3.8, 4) is 0 Å². The number of hydrogen-bond acceptors (Lipinski definition) is 3. The standard InChI is InChI=1S/C16H25NO2S/c1-13(2)10-17-11-16(14-6-4-3-5-7-14)15-8-9-20(18,19)12-15/h3-7,13,15-17H,8-12H2,1-2H3. The van der Waals surface area contributed by atoms with Crippen molar-refractivity contribution in [1.82, 2.24) is 5.32 Å². The van der Waals surface area contributed by atoms with E-state index in [1.165, 1.54) is 5.56 Å². The summed E-state index contributed by atoms with van der Waals surface area (Å²) in [6.07, 6.45) is 0.797. The molecule has 1 N–H and O–H groups in total. The second kappa shape index (κ2) is 6.72. The lowest BCUT2D eigenvalue weighted by Gasteiger charge is -2.24. The van der Waals surface area contributed by atoms with Crippen LogP contribution >= 0.6 is 0 Å². The highest BCUT2D eigenvalue weighted by molar-refractivity contribution is 7.91. The lowest BCUT2D eigenvalue weighted by Crippen LogP contribution is -2.29. The van der Waals surface area contributed by atoms with E-state index in [9.17, 15) is 8.42 Å². The van der Waals surface area contributed by atoms with E-state index >= 15 is 0 Å². The van der Waals surface area contributed by atoms with Gasteiger partial charge in [0.15, 0.2) is 9.84 Å². The Kier molecular flexibility index (Phi) is 5.22. The van der Waals surface area contributed by atoms with Gasteiger partial charge in [-0.2, -0.15) is 0 Å². The minimum absolute atomic E-state index is 0.252. The minimum atomic E-state index is -2.82. The molecule has 1 aromatic rings. The summed E-state index contributed by atoms with van der Waals surface area (Å²) in [7, 11) is -2.82. The Morgan fingerprint density at radius 2 is 1.90 bits per heavy atom. The molecule has 1 heterocycles. The molecule has 0 bridgehead atoms. The first-order chi connectivity index (χ1) is 9.48. The zero-order chi connectivity index (χ0) is 14.6. The Labute approximate surface area is 122 Å². The summed E-state index contributed by atoms with van der Waals surface area (Å²) in [6, 6.07) is 10.3. The third-order valence-electron chi connectivity index (χ3n) is 3.98. The van der Waals surface area contributed by atoms with Gasteiger partial charge in [-0.25, -0.2) is 8.42 Å². The fourth-order valence-corrected chi connectivity index (χ4v) is 4.81. The summed E-state index contributed by atoms with van der Waals surface area (Å²) in [6.45, 7) is 6.21. The van der Waals surface area contributed by atoms with Crippen molar-refractivity contribution in [2.45, 2.75) is 26.2 Å². The Bertz CT molecular complexity index is 511. The quantitative estimate of drug-likeness (QED) is 0.877. The van der Waals surface area contributed by atoms with Crippen LogP contribution < -0.4 is 5.32 Å². The van der Waals surface area contributed by atoms with Crippen LogP contribution in [0.15, 0.2) is 30.3 Å². The van der Waals surface area contributed by atoms with E-state index in [2.05, 4.69) is 31.3 Å². The topological polar surface area (TPSA) is 46.2 Å². The van der Waals surface area contributed by atoms with Crippen molar-refractivity contribution < 1.29 is 8.42 Å². The van der Waals surface area contributed by atoms with E-state index in [4.69, 9.17) is 0 Å². The molecular formula is C16H25NO2S. The number of nitrogens with one attached hydrogen (secondary N) is 1. The van der Waals surface area contributed by atoms with Crippen LogP contribution in [0.2, 0.25) is 0 Å². The Hall–Kier alpha value is -0.870. The first-order valence-corrected chi connectivity index (χ1v) is 9.26. The summed E-state index contributed by atoms with van der Waals surface area (Å²) >= 11 is 0. The Morgan fingerprint density at radius 1 is 1.20 bits per heavy atom. The molecule has 4 heteroatoms. The molecule has 2 rings (SSSR count). The van der Waals surface area contributed by atoms with Crippen LogP contribution in [-0.2, 0) is 9.84 Å². The molecule has 2 unspecified atom stereocenters. The number of rotatable bonds is 6.